The molecule has 7 nitrogen and oxygen atoms in total. The molecule has 0 fully saturated rings. The average molecular weight is 398 g/mol. The van der Waals surface area contributed by atoms with Crippen molar-refractivity contribution < 1.29 is 23.7 Å². The second-order valence-corrected chi connectivity index (χ2v) is 7.03. The van der Waals surface area contributed by atoms with Gasteiger partial charge in [0.2, 0.25) is 5.75 Å². The Morgan fingerprint density at radius 2 is 1.82 bits per heavy atom. The van der Waals surface area contributed by atoms with Crippen molar-refractivity contribution in [3.05, 3.63) is 46.8 Å². The number of nitrogens with zero attached hydrogens (tertiary/aromatic N) is 1. The van der Waals surface area contributed by atoms with Crippen molar-refractivity contribution in [2.24, 2.45) is 0 Å². The monoisotopic (exact) mass is 398 g/mol. The predicted octanol–water partition coefficient (Wildman–Crippen LogP) is 3.98. The van der Waals surface area contributed by atoms with Crippen LogP contribution in [0.3, 0.4) is 0 Å². The van der Waals surface area contributed by atoms with Gasteiger partial charge in [-0.15, -0.1) is 0 Å². The highest BCUT2D eigenvalue weighted by molar-refractivity contribution is 7.16. The van der Waals surface area contributed by atoms with E-state index in [4.69, 9.17) is 18.9 Å². The molecule has 0 aliphatic carbocycles. The Hall–Kier alpha value is -3.26. The molecule has 2 heterocycles. The number of amides is 1. The number of hydrogen-bond acceptors (Lipinski definition) is 7. The number of fused-ring (bicyclic) bond motifs is 3. The molecular formula is C20H18N2O5S. The zero-order valence-electron chi connectivity index (χ0n) is 15.6. The minimum absolute atomic E-state index is 0.320. The molecule has 4 rings (SSSR count). The molecule has 0 saturated heterocycles. The van der Waals surface area contributed by atoms with Crippen molar-refractivity contribution in [3.8, 4) is 34.3 Å². The number of benzene rings is 2. The van der Waals surface area contributed by atoms with Gasteiger partial charge >= 0.3 is 0 Å². The maximum Gasteiger partial charge on any atom is 0.257 e. The van der Waals surface area contributed by atoms with E-state index in [0.717, 1.165) is 21.9 Å². The van der Waals surface area contributed by atoms with Crippen LogP contribution in [0.2, 0.25) is 0 Å². The number of ether oxygens (including phenoxy) is 4. The molecule has 1 aliphatic rings. The molecule has 2 aromatic carbocycles. The molecule has 28 heavy (non-hydrogen) atoms. The molecule has 0 saturated carbocycles. The van der Waals surface area contributed by atoms with Gasteiger partial charge in [-0.25, -0.2) is 4.98 Å². The second kappa shape index (κ2) is 7.40. The summed E-state index contributed by atoms with van der Waals surface area (Å²) in [4.78, 5) is 18.3. The average Bonchev–Trinajstić information content (AvgIpc) is 3.15. The van der Waals surface area contributed by atoms with Crippen LogP contribution in [-0.2, 0) is 6.61 Å². The van der Waals surface area contributed by atoms with E-state index in [-0.39, 0.29) is 5.91 Å². The summed E-state index contributed by atoms with van der Waals surface area (Å²) in [5.74, 6) is 1.72. The topological polar surface area (TPSA) is 78.9 Å². The lowest BCUT2D eigenvalue weighted by atomic mass is 10.1. The maximum atomic E-state index is 12.8. The van der Waals surface area contributed by atoms with Gasteiger partial charge in [-0.05, 0) is 24.3 Å². The van der Waals surface area contributed by atoms with Crippen LogP contribution >= 0.6 is 11.3 Å². The fourth-order valence-electron chi connectivity index (χ4n) is 3.03. The summed E-state index contributed by atoms with van der Waals surface area (Å²) in [5.41, 5.74) is 2.14. The number of para-hydroxylation sites is 1. The van der Waals surface area contributed by atoms with Gasteiger partial charge in [0, 0.05) is 11.1 Å². The minimum atomic E-state index is -0.320. The van der Waals surface area contributed by atoms with Crippen LogP contribution in [0.25, 0.3) is 11.3 Å². The van der Waals surface area contributed by atoms with Crippen LogP contribution in [0.15, 0.2) is 36.4 Å². The van der Waals surface area contributed by atoms with Gasteiger partial charge < -0.3 is 18.9 Å². The summed E-state index contributed by atoms with van der Waals surface area (Å²) in [6, 6.07) is 10.9. The van der Waals surface area contributed by atoms with Crippen LogP contribution in [-0.4, -0.2) is 32.2 Å². The van der Waals surface area contributed by atoms with E-state index in [0.29, 0.717) is 34.6 Å². The molecule has 1 aromatic heterocycles. The highest BCUT2D eigenvalue weighted by Gasteiger charge is 2.23. The largest absolute Gasteiger partial charge is 0.493 e. The lowest BCUT2D eigenvalue weighted by Crippen LogP contribution is -2.12. The Kier molecular flexibility index (Phi) is 4.79. The Morgan fingerprint density at radius 3 is 2.50 bits per heavy atom. The summed E-state index contributed by atoms with van der Waals surface area (Å²) in [5, 5.41) is 3.35. The Bertz CT molecular complexity index is 1020. The molecule has 8 heteroatoms. The summed E-state index contributed by atoms with van der Waals surface area (Å²) in [7, 11) is 4.52. The smallest absolute Gasteiger partial charge is 0.257 e. The molecule has 0 atom stereocenters. The minimum Gasteiger partial charge on any atom is -0.493 e. The van der Waals surface area contributed by atoms with E-state index >= 15 is 0 Å². The lowest BCUT2D eigenvalue weighted by molar-refractivity contribution is 0.102. The van der Waals surface area contributed by atoms with Crippen molar-refractivity contribution in [1.29, 1.82) is 0 Å². The summed E-state index contributed by atoms with van der Waals surface area (Å²) < 4.78 is 21.7. The number of rotatable bonds is 5. The third-order valence-corrected chi connectivity index (χ3v) is 5.29. The van der Waals surface area contributed by atoms with E-state index in [2.05, 4.69) is 10.3 Å². The first-order valence-electron chi connectivity index (χ1n) is 8.48. The Balaban J connectivity index is 1.63. The zero-order valence-corrected chi connectivity index (χ0v) is 16.4. The normalized spacial score (nSPS) is 11.7. The molecule has 0 unspecified atom stereocenters. The van der Waals surface area contributed by atoms with Crippen molar-refractivity contribution in [3.63, 3.8) is 0 Å². The zero-order chi connectivity index (χ0) is 19.7. The van der Waals surface area contributed by atoms with Gasteiger partial charge in [-0.3, -0.25) is 10.1 Å². The van der Waals surface area contributed by atoms with E-state index in [1.54, 1.807) is 12.1 Å². The van der Waals surface area contributed by atoms with Gasteiger partial charge in [0.05, 0.1) is 31.9 Å². The third kappa shape index (κ3) is 3.11. The van der Waals surface area contributed by atoms with Crippen LogP contribution in [0, 0.1) is 0 Å². The molecule has 144 valence electrons. The van der Waals surface area contributed by atoms with Gasteiger partial charge in [0.15, 0.2) is 16.6 Å². The van der Waals surface area contributed by atoms with Gasteiger partial charge in [-0.2, -0.15) is 0 Å². The first-order valence-corrected chi connectivity index (χ1v) is 9.29. The number of hydrogen-bond donors (Lipinski definition) is 1. The molecule has 1 amide bonds. The standard InChI is InChI=1S/C20H18N2O5S/c1-24-14-8-11(9-15(25-2)18(14)26-3)19(23)22-20-21-17-12-6-4-5-7-13(12)27-10-16(17)28-20/h4-9H,10H2,1-3H3,(H,21,22,23). The van der Waals surface area contributed by atoms with E-state index in [1.807, 2.05) is 24.3 Å². The fraction of sp³-hybridized carbons (Fsp3) is 0.200. The lowest BCUT2D eigenvalue weighted by Gasteiger charge is -2.15. The Morgan fingerprint density at radius 1 is 1.11 bits per heavy atom. The number of nitrogens with one attached hydrogen (secondary N) is 1. The number of carbonyl (C=O) groups is 1. The van der Waals surface area contributed by atoms with E-state index in [1.165, 1.54) is 32.7 Å². The first kappa shape index (κ1) is 18.1. The molecule has 3 aromatic rings. The fourth-order valence-corrected chi connectivity index (χ4v) is 3.91. The van der Waals surface area contributed by atoms with Crippen molar-refractivity contribution in [2.75, 3.05) is 26.6 Å². The van der Waals surface area contributed by atoms with Crippen molar-refractivity contribution in [1.82, 2.24) is 4.98 Å². The van der Waals surface area contributed by atoms with Gasteiger partial charge in [0.25, 0.3) is 5.91 Å². The Labute approximate surface area is 165 Å². The van der Waals surface area contributed by atoms with Crippen LogP contribution in [0.5, 0.6) is 23.0 Å². The SMILES string of the molecule is COc1cc(C(=O)Nc2nc3c(s2)COc2ccccc2-3)cc(OC)c1OC. The molecule has 0 radical (unpaired) electrons. The highest BCUT2D eigenvalue weighted by atomic mass is 32.1. The van der Waals surface area contributed by atoms with Crippen molar-refractivity contribution in [2.45, 2.75) is 6.61 Å². The maximum absolute atomic E-state index is 12.8. The number of thiazole rings is 1. The first-order chi connectivity index (χ1) is 13.6. The van der Waals surface area contributed by atoms with Crippen molar-refractivity contribution >= 4 is 22.4 Å². The summed E-state index contributed by atoms with van der Waals surface area (Å²) >= 11 is 1.39. The van der Waals surface area contributed by atoms with Gasteiger partial charge in [0.1, 0.15) is 12.4 Å². The number of methoxy groups -OCH3 is 3. The number of anilines is 1. The summed E-state index contributed by atoms with van der Waals surface area (Å²) in [6.45, 7) is 0.435. The predicted molar refractivity (Wildman–Crippen MR) is 106 cm³/mol. The third-order valence-electron chi connectivity index (χ3n) is 4.35. The van der Waals surface area contributed by atoms with Crippen LogP contribution in [0.4, 0.5) is 5.13 Å². The molecule has 1 aliphatic heterocycles. The molecule has 0 spiro atoms. The molecular weight excluding hydrogens is 380 g/mol. The summed E-state index contributed by atoms with van der Waals surface area (Å²) in [6.07, 6.45) is 0. The van der Waals surface area contributed by atoms with E-state index in [9.17, 15) is 4.79 Å². The molecule has 1 N–H and O–H groups in total. The second-order valence-electron chi connectivity index (χ2n) is 5.94. The van der Waals surface area contributed by atoms with Gasteiger partial charge in [-0.1, -0.05) is 23.5 Å². The number of aromatic nitrogens is 1. The van der Waals surface area contributed by atoms with E-state index < -0.39 is 0 Å². The number of carbonyl (C=O) groups excluding carboxylic acids is 1. The molecule has 0 bridgehead atoms. The quantitative estimate of drug-likeness (QED) is 0.700. The van der Waals surface area contributed by atoms with Crippen LogP contribution in [0.1, 0.15) is 15.2 Å². The van der Waals surface area contributed by atoms with Crippen LogP contribution < -0.4 is 24.3 Å². The highest BCUT2D eigenvalue weighted by Crippen LogP contribution is 2.41.